The summed E-state index contributed by atoms with van der Waals surface area (Å²) in [5.74, 6) is 2.16. The van der Waals surface area contributed by atoms with E-state index in [0.29, 0.717) is 11.6 Å². The number of aryl methyl sites for hydroxylation is 1. The first-order valence-electron chi connectivity index (χ1n) is 9.10. The Balaban J connectivity index is 1.54. The second-order valence-corrected chi connectivity index (χ2v) is 6.22. The number of rotatable bonds is 9. The minimum Gasteiger partial charge on any atom is -0.494 e. The normalized spacial score (nSPS) is 11.0. The molecule has 27 heavy (non-hydrogen) atoms. The van der Waals surface area contributed by atoms with Crippen molar-refractivity contribution in [3.05, 3.63) is 60.2 Å². The molecule has 0 aliphatic carbocycles. The Hall–Kier alpha value is -3.22. The third-order valence-electron chi connectivity index (χ3n) is 3.89. The number of hydrogen-bond acceptors (Lipinski definition) is 6. The SMILES string of the molecule is CCCCCOc1ccc(/C=N\Nc2cc(-n3cc(C)cn3)ncn2)cc1. The molecule has 0 radical (unpaired) electrons. The van der Waals surface area contributed by atoms with Gasteiger partial charge in [-0.15, -0.1) is 0 Å². The molecule has 0 spiro atoms. The van der Waals surface area contributed by atoms with Crippen molar-refractivity contribution in [1.82, 2.24) is 19.7 Å². The van der Waals surface area contributed by atoms with E-state index in [-0.39, 0.29) is 0 Å². The first kappa shape index (κ1) is 18.6. The molecule has 0 saturated heterocycles. The first-order valence-corrected chi connectivity index (χ1v) is 9.10. The number of ether oxygens (including phenoxy) is 1. The Kier molecular flexibility index (Phi) is 6.51. The van der Waals surface area contributed by atoms with Gasteiger partial charge in [0, 0.05) is 12.3 Å². The smallest absolute Gasteiger partial charge is 0.158 e. The molecule has 7 nitrogen and oxygen atoms in total. The van der Waals surface area contributed by atoms with Crippen LogP contribution in [-0.4, -0.2) is 32.6 Å². The average Bonchev–Trinajstić information content (AvgIpc) is 3.13. The Morgan fingerprint density at radius 1 is 1.19 bits per heavy atom. The van der Waals surface area contributed by atoms with Gasteiger partial charge >= 0.3 is 0 Å². The van der Waals surface area contributed by atoms with Crippen LogP contribution in [0.2, 0.25) is 0 Å². The maximum Gasteiger partial charge on any atom is 0.158 e. The van der Waals surface area contributed by atoms with Crippen molar-refractivity contribution < 1.29 is 4.74 Å². The van der Waals surface area contributed by atoms with Crippen LogP contribution in [-0.2, 0) is 0 Å². The minimum absolute atomic E-state index is 0.597. The zero-order valence-corrected chi connectivity index (χ0v) is 15.7. The quantitative estimate of drug-likeness (QED) is 0.353. The molecule has 0 atom stereocenters. The van der Waals surface area contributed by atoms with Gasteiger partial charge in [-0.05, 0) is 48.7 Å². The van der Waals surface area contributed by atoms with Crippen LogP contribution in [0.5, 0.6) is 5.75 Å². The van der Waals surface area contributed by atoms with Crippen LogP contribution in [0.1, 0.15) is 37.3 Å². The molecule has 2 heterocycles. The molecule has 2 aromatic heterocycles. The van der Waals surface area contributed by atoms with Gasteiger partial charge in [0.15, 0.2) is 11.6 Å². The molecule has 3 rings (SSSR count). The lowest BCUT2D eigenvalue weighted by atomic mass is 10.2. The standard InChI is InChI=1S/C20H24N6O/c1-3-4-5-10-27-18-8-6-17(7-9-18)13-23-25-19-11-20(22-15-21-19)26-14-16(2)12-24-26/h6-9,11-15H,3-5,10H2,1-2H3,(H,21,22,25)/b23-13-. The molecule has 0 aliphatic rings. The monoisotopic (exact) mass is 364 g/mol. The highest BCUT2D eigenvalue weighted by atomic mass is 16.5. The fourth-order valence-electron chi connectivity index (χ4n) is 2.44. The molecule has 140 valence electrons. The average molecular weight is 364 g/mol. The third kappa shape index (κ3) is 5.64. The van der Waals surface area contributed by atoms with E-state index in [2.05, 4.69) is 32.5 Å². The summed E-state index contributed by atoms with van der Waals surface area (Å²) in [6, 6.07) is 9.64. The summed E-state index contributed by atoms with van der Waals surface area (Å²) in [4.78, 5) is 8.39. The minimum atomic E-state index is 0.597. The van der Waals surface area contributed by atoms with Gasteiger partial charge in [0.05, 0.1) is 19.0 Å². The van der Waals surface area contributed by atoms with Crippen molar-refractivity contribution >= 4 is 12.0 Å². The summed E-state index contributed by atoms with van der Waals surface area (Å²) in [6.45, 7) is 4.92. The maximum atomic E-state index is 5.71. The van der Waals surface area contributed by atoms with Crippen LogP contribution in [0.25, 0.3) is 5.82 Å². The number of nitrogens with zero attached hydrogens (tertiary/aromatic N) is 5. The molecular weight excluding hydrogens is 340 g/mol. The predicted molar refractivity (Wildman–Crippen MR) is 107 cm³/mol. The largest absolute Gasteiger partial charge is 0.494 e. The molecule has 0 aliphatic heterocycles. The van der Waals surface area contributed by atoms with E-state index in [0.717, 1.165) is 29.9 Å². The molecular formula is C20H24N6O. The molecule has 1 aromatic carbocycles. The molecule has 3 aromatic rings. The lowest BCUT2D eigenvalue weighted by Crippen LogP contribution is -2.01. The number of unbranched alkanes of at least 4 members (excludes halogenated alkanes) is 2. The fraction of sp³-hybridized carbons (Fsp3) is 0.300. The van der Waals surface area contributed by atoms with Crippen molar-refractivity contribution in [2.24, 2.45) is 5.10 Å². The van der Waals surface area contributed by atoms with Gasteiger partial charge in [-0.1, -0.05) is 19.8 Å². The summed E-state index contributed by atoms with van der Waals surface area (Å²) in [7, 11) is 0. The van der Waals surface area contributed by atoms with E-state index in [9.17, 15) is 0 Å². The van der Waals surface area contributed by atoms with E-state index in [1.54, 1.807) is 23.2 Å². The molecule has 0 saturated carbocycles. The van der Waals surface area contributed by atoms with Crippen LogP contribution in [0.3, 0.4) is 0 Å². The Bertz CT molecular complexity index is 872. The second kappa shape index (κ2) is 9.47. The highest BCUT2D eigenvalue weighted by Gasteiger charge is 2.02. The summed E-state index contributed by atoms with van der Waals surface area (Å²) >= 11 is 0. The van der Waals surface area contributed by atoms with Crippen molar-refractivity contribution in [2.75, 3.05) is 12.0 Å². The summed E-state index contributed by atoms with van der Waals surface area (Å²) in [6.07, 6.45) is 10.4. The van der Waals surface area contributed by atoms with Gasteiger partial charge < -0.3 is 4.74 Å². The van der Waals surface area contributed by atoms with Gasteiger partial charge in [-0.3, -0.25) is 5.43 Å². The Morgan fingerprint density at radius 2 is 2.04 bits per heavy atom. The van der Waals surface area contributed by atoms with E-state index in [4.69, 9.17) is 4.74 Å². The fourth-order valence-corrected chi connectivity index (χ4v) is 2.44. The molecule has 0 amide bonds. The maximum absolute atomic E-state index is 5.71. The van der Waals surface area contributed by atoms with Crippen LogP contribution in [0.4, 0.5) is 5.82 Å². The number of benzene rings is 1. The number of aromatic nitrogens is 4. The van der Waals surface area contributed by atoms with Crippen LogP contribution in [0, 0.1) is 6.92 Å². The highest BCUT2D eigenvalue weighted by Crippen LogP contribution is 2.12. The number of anilines is 1. The zero-order chi connectivity index (χ0) is 18.9. The van der Waals surface area contributed by atoms with Gasteiger partial charge in [-0.25, -0.2) is 14.6 Å². The Morgan fingerprint density at radius 3 is 2.78 bits per heavy atom. The van der Waals surface area contributed by atoms with Crippen LogP contribution < -0.4 is 10.2 Å². The van der Waals surface area contributed by atoms with E-state index in [1.165, 1.54) is 19.2 Å². The van der Waals surface area contributed by atoms with Crippen LogP contribution >= 0.6 is 0 Å². The van der Waals surface area contributed by atoms with Crippen molar-refractivity contribution in [3.63, 3.8) is 0 Å². The third-order valence-corrected chi connectivity index (χ3v) is 3.89. The molecule has 1 N–H and O–H groups in total. The lowest BCUT2D eigenvalue weighted by Gasteiger charge is -2.05. The van der Waals surface area contributed by atoms with Gasteiger partial charge in [0.1, 0.15) is 12.1 Å². The van der Waals surface area contributed by atoms with Crippen LogP contribution in [0.15, 0.2) is 54.2 Å². The predicted octanol–water partition coefficient (Wildman–Crippen LogP) is 3.99. The first-order chi connectivity index (χ1) is 13.2. The number of hydrazone groups is 1. The van der Waals surface area contributed by atoms with Gasteiger partial charge in [0.25, 0.3) is 0 Å². The summed E-state index contributed by atoms with van der Waals surface area (Å²) in [5.41, 5.74) is 4.96. The lowest BCUT2D eigenvalue weighted by molar-refractivity contribution is 0.306. The van der Waals surface area contributed by atoms with Gasteiger partial charge in [0.2, 0.25) is 0 Å². The molecule has 7 heteroatoms. The number of hydrogen-bond donors (Lipinski definition) is 1. The van der Waals surface area contributed by atoms with Crippen molar-refractivity contribution in [2.45, 2.75) is 33.1 Å². The molecule has 0 bridgehead atoms. The van der Waals surface area contributed by atoms with E-state index < -0.39 is 0 Å². The second-order valence-electron chi connectivity index (χ2n) is 6.22. The van der Waals surface area contributed by atoms with Crippen molar-refractivity contribution in [3.8, 4) is 11.6 Å². The van der Waals surface area contributed by atoms with Crippen molar-refractivity contribution in [1.29, 1.82) is 0 Å². The highest BCUT2D eigenvalue weighted by molar-refractivity contribution is 5.80. The van der Waals surface area contributed by atoms with E-state index >= 15 is 0 Å². The van der Waals surface area contributed by atoms with Gasteiger partial charge in [-0.2, -0.15) is 10.2 Å². The summed E-state index contributed by atoms with van der Waals surface area (Å²) in [5, 5.41) is 8.48. The number of nitrogens with one attached hydrogen (secondary N) is 1. The molecule has 0 fully saturated rings. The summed E-state index contributed by atoms with van der Waals surface area (Å²) < 4.78 is 7.41. The van der Waals surface area contributed by atoms with E-state index in [1.807, 2.05) is 37.4 Å². The topological polar surface area (TPSA) is 77.2 Å². The zero-order valence-electron chi connectivity index (χ0n) is 15.7. The molecule has 0 unspecified atom stereocenters. The Labute approximate surface area is 159 Å².